The summed E-state index contributed by atoms with van der Waals surface area (Å²) in [5.74, 6) is 2.57. The van der Waals surface area contributed by atoms with Crippen LogP contribution < -0.4 is 15.4 Å². The molecule has 0 saturated heterocycles. The number of methoxy groups -OCH3 is 1. The van der Waals surface area contributed by atoms with Gasteiger partial charge in [-0.2, -0.15) is 5.10 Å². The second kappa shape index (κ2) is 10.2. The van der Waals surface area contributed by atoms with Gasteiger partial charge in [0, 0.05) is 54.3 Å². The number of carboxylic acid groups (broad SMARTS) is 1. The quantitative estimate of drug-likeness (QED) is 0.358. The van der Waals surface area contributed by atoms with Crippen molar-refractivity contribution in [3.8, 4) is 28.3 Å². The highest BCUT2D eigenvalue weighted by molar-refractivity contribution is 6.05. The van der Waals surface area contributed by atoms with Gasteiger partial charge >= 0.3 is 0 Å². The number of carbonyl (C=O) groups is 2. The monoisotopic (exact) mass is 475 g/mol. The summed E-state index contributed by atoms with van der Waals surface area (Å²) in [6.07, 6.45) is 7.06. The van der Waals surface area contributed by atoms with Crippen molar-refractivity contribution in [3.05, 3.63) is 43.0 Å². The first-order valence-electron chi connectivity index (χ1n) is 10.9. The summed E-state index contributed by atoms with van der Waals surface area (Å²) in [6, 6.07) is 7.73. The number of hydrogen-bond acceptors (Lipinski definition) is 8. The molecule has 180 valence electrons. The maximum Gasteiger partial charge on any atom is 0.290 e. The number of pyridine rings is 2. The first-order valence-corrected chi connectivity index (χ1v) is 10.9. The molecule has 1 aliphatic carbocycles. The van der Waals surface area contributed by atoms with Crippen molar-refractivity contribution in [1.29, 1.82) is 0 Å². The Hall–Kier alpha value is -4.54. The van der Waals surface area contributed by atoms with Crippen molar-refractivity contribution in [1.82, 2.24) is 24.7 Å². The van der Waals surface area contributed by atoms with E-state index in [4.69, 9.17) is 14.6 Å². The molecular formula is C24H25N7O4. The van der Waals surface area contributed by atoms with Crippen molar-refractivity contribution in [2.24, 2.45) is 13.0 Å². The maximum absolute atomic E-state index is 12.3. The molecule has 1 aromatic carbocycles. The van der Waals surface area contributed by atoms with Gasteiger partial charge < -0.3 is 20.5 Å². The maximum atomic E-state index is 12.3. The highest BCUT2D eigenvalue weighted by Crippen LogP contribution is 2.41. The smallest absolute Gasteiger partial charge is 0.290 e. The molecule has 0 spiro atoms. The molecule has 35 heavy (non-hydrogen) atoms. The van der Waals surface area contributed by atoms with E-state index >= 15 is 0 Å². The van der Waals surface area contributed by atoms with Crippen LogP contribution in [0.4, 0.5) is 11.6 Å². The fourth-order valence-electron chi connectivity index (χ4n) is 3.80. The minimum absolute atomic E-state index is 0.0158. The van der Waals surface area contributed by atoms with Gasteiger partial charge in [0.1, 0.15) is 23.7 Å². The van der Waals surface area contributed by atoms with E-state index in [1.54, 1.807) is 30.5 Å². The van der Waals surface area contributed by atoms with Crippen LogP contribution in [-0.2, 0) is 16.6 Å². The van der Waals surface area contributed by atoms with E-state index in [0.29, 0.717) is 23.2 Å². The third-order valence-corrected chi connectivity index (χ3v) is 5.56. The molecule has 3 aromatic heterocycles. The normalized spacial score (nSPS) is 12.4. The first kappa shape index (κ1) is 23.6. The summed E-state index contributed by atoms with van der Waals surface area (Å²) in [7, 11) is 5.27. The molecule has 11 nitrogen and oxygen atoms in total. The Morgan fingerprint density at radius 1 is 1.14 bits per heavy atom. The number of para-hydroxylation sites is 1. The Kier molecular flexibility index (Phi) is 6.86. The molecule has 11 heteroatoms. The van der Waals surface area contributed by atoms with Crippen LogP contribution in [0.1, 0.15) is 12.8 Å². The number of benzene rings is 1. The van der Waals surface area contributed by atoms with E-state index in [1.165, 1.54) is 0 Å². The Bertz CT molecular complexity index is 1380. The number of rotatable bonds is 6. The Morgan fingerprint density at radius 3 is 2.51 bits per heavy atom. The number of aryl methyl sites for hydroxylation is 1. The van der Waals surface area contributed by atoms with Gasteiger partial charge in [-0.1, -0.05) is 12.1 Å². The van der Waals surface area contributed by atoms with Gasteiger partial charge in [-0.15, -0.1) is 0 Å². The number of nitrogens with one attached hydrogen (secondary N) is 2. The number of nitrogens with zero attached hydrogens (tertiary/aromatic N) is 5. The highest BCUT2D eigenvalue weighted by atomic mass is 16.5. The van der Waals surface area contributed by atoms with Crippen LogP contribution in [0.3, 0.4) is 0 Å². The predicted octanol–water partition coefficient (Wildman–Crippen LogP) is 3.19. The zero-order chi connectivity index (χ0) is 24.9. The number of hydrogen-bond donors (Lipinski definition) is 3. The number of aromatic nitrogens is 5. The van der Waals surface area contributed by atoms with Crippen molar-refractivity contribution in [2.45, 2.75) is 12.8 Å². The van der Waals surface area contributed by atoms with Crippen molar-refractivity contribution < 1.29 is 19.4 Å². The molecule has 0 radical (unpaired) electrons. The standard InChI is InChI=1S/C23H23N7O2.CH2O2/c1-24-21-18-11-25-19(28-23(31)13-7-8-13)9-16(18)17(10-26-21)14-5-4-6-15(20(14)32-3)22-27-12-30(2)29-22;2-1-3/h4-6,9-13H,7-8H2,1-3H3,(H,24,26)(H,25,28,31);1H,(H,2,3). The first-order chi connectivity index (χ1) is 17.0. The molecule has 0 atom stereocenters. The number of anilines is 2. The van der Waals surface area contributed by atoms with Gasteiger partial charge in [-0.05, 0) is 25.0 Å². The average molecular weight is 476 g/mol. The minimum Gasteiger partial charge on any atom is -0.495 e. The molecule has 0 bridgehead atoms. The van der Waals surface area contributed by atoms with Crippen molar-refractivity contribution in [3.63, 3.8) is 0 Å². The summed E-state index contributed by atoms with van der Waals surface area (Å²) in [4.78, 5) is 34.0. The van der Waals surface area contributed by atoms with Gasteiger partial charge in [-0.25, -0.2) is 15.0 Å². The predicted molar refractivity (Wildman–Crippen MR) is 131 cm³/mol. The molecule has 1 aliphatic rings. The summed E-state index contributed by atoms with van der Waals surface area (Å²) >= 11 is 0. The van der Waals surface area contributed by atoms with Crippen molar-refractivity contribution >= 4 is 34.8 Å². The molecular weight excluding hydrogens is 450 g/mol. The van der Waals surface area contributed by atoms with Crippen LogP contribution in [0.25, 0.3) is 33.3 Å². The summed E-state index contributed by atoms with van der Waals surface area (Å²) in [5, 5.41) is 19.1. The zero-order valence-electron chi connectivity index (χ0n) is 19.5. The molecule has 0 aliphatic heterocycles. The number of fused-ring (bicyclic) bond motifs is 1. The fraction of sp³-hybridized carbons (Fsp3) is 0.250. The summed E-state index contributed by atoms with van der Waals surface area (Å²) in [5.41, 5.74) is 2.49. The average Bonchev–Trinajstić information content (AvgIpc) is 3.64. The van der Waals surface area contributed by atoms with Crippen LogP contribution in [0.15, 0.2) is 43.0 Å². The van der Waals surface area contributed by atoms with E-state index in [0.717, 1.165) is 40.3 Å². The minimum atomic E-state index is -0.250. The summed E-state index contributed by atoms with van der Waals surface area (Å²) in [6.45, 7) is -0.250. The lowest BCUT2D eigenvalue weighted by Gasteiger charge is -2.16. The molecule has 1 amide bonds. The molecule has 1 fully saturated rings. The molecule has 4 aromatic rings. The van der Waals surface area contributed by atoms with E-state index in [9.17, 15) is 4.79 Å². The van der Waals surface area contributed by atoms with Crippen LogP contribution in [0.2, 0.25) is 0 Å². The topological polar surface area (TPSA) is 144 Å². The van der Waals surface area contributed by atoms with E-state index in [1.807, 2.05) is 38.4 Å². The van der Waals surface area contributed by atoms with Gasteiger partial charge in [-0.3, -0.25) is 14.3 Å². The lowest BCUT2D eigenvalue weighted by Crippen LogP contribution is -2.14. The second-order valence-corrected chi connectivity index (χ2v) is 7.88. The van der Waals surface area contributed by atoms with Crippen LogP contribution in [-0.4, -0.2) is 56.4 Å². The van der Waals surface area contributed by atoms with Crippen LogP contribution >= 0.6 is 0 Å². The Balaban J connectivity index is 0.000000917. The number of amides is 1. The fourth-order valence-corrected chi connectivity index (χ4v) is 3.80. The SMILES string of the molecule is CNc1ncc(-c2cccc(-c3ncn(C)n3)c2OC)c2cc(NC(=O)C3CC3)ncc12.O=CO. The van der Waals surface area contributed by atoms with Crippen LogP contribution in [0, 0.1) is 5.92 Å². The summed E-state index contributed by atoms with van der Waals surface area (Å²) < 4.78 is 7.47. The molecule has 1 saturated carbocycles. The van der Waals surface area contributed by atoms with Gasteiger partial charge in [0.2, 0.25) is 5.91 Å². The molecule has 5 rings (SSSR count). The Labute approximate surface area is 201 Å². The van der Waals surface area contributed by atoms with Gasteiger partial charge in [0.15, 0.2) is 5.82 Å². The second-order valence-electron chi connectivity index (χ2n) is 7.88. The van der Waals surface area contributed by atoms with E-state index < -0.39 is 0 Å². The number of ether oxygens (including phenoxy) is 1. The van der Waals surface area contributed by atoms with Gasteiger partial charge in [0.25, 0.3) is 6.47 Å². The highest BCUT2D eigenvalue weighted by Gasteiger charge is 2.30. The Morgan fingerprint density at radius 2 is 1.89 bits per heavy atom. The largest absolute Gasteiger partial charge is 0.495 e. The molecule has 3 heterocycles. The van der Waals surface area contributed by atoms with Crippen molar-refractivity contribution in [2.75, 3.05) is 24.8 Å². The lowest BCUT2D eigenvalue weighted by atomic mass is 9.98. The lowest BCUT2D eigenvalue weighted by molar-refractivity contribution is -0.123. The molecule has 0 unspecified atom stereocenters. The van der Waals surface area contributed by atoms with Gasteiger partial charge in [0.05, 0.1) is 12.7 Å². The van der Waals surface area contributed by atoms with E-state index in [2.05, 4.69) is 30.7 Å². The van der Waals surface area contributed by atoms with E-state index in [-0.39, 0.29) is 18.3 Å². The zero-order valence-corrected chi connectivity index (χ0v) is 19.5. The third-order valence-electron chi connectivity index (χ3n) is 5.56. The third kappa shape index (κ3) is 4.88. The number of carbonyl (C=O) groups excluding carboxylic acids is 1. The van der Waals surface area contributed by atoms with Crippen LogP contribution in [0.5, 0.6) is 5.75 Å². The molecule has 3 N–H and O–H groups in total.